The van der Waals surface area contributed by atoms with Gasteiger partial charge in [-0.3, -0.25) is 0 Å². The van der Waals surface area contributed by atoms with Crippen molar-refractivity contribution in [2.24, 2.45) is 10.6 Å². The van der Waals surface area contributed by atoms with Crippen molar-refractivity contribution >= 4 is 10.2 Å². The number of hydrogen-bond acceptors (Lipinski definition) is 4. The average Bonchev–Trinajstić information content (AvgIpc) is 2.07. The maximum Gasteiger partial charge on any atom is 0.415 e. The number of halogens is 3. The molecule has 112 valence electrons. The first-order valence-corrected chi connectivity index (χ1v) is 7.29. The third-order valence-electron chi connectivity index (χ3n) is 3.80. The van der Waals surface area contributed by atoms with Gasteiger partial charge in [-0.25, -0.2) is 5.14 Å². The van der Waals surface area contributed by atoms with Crippen LogP contribution in [0.25, 0.3) is 0 Å². The van der Waals surface area contributed by atoms with E-state index in [-0.39, 0.29) is 5.41 Å². The normalized spacial score (nSPS) is 25.2. The Morgan fingerprint density at radius 3 is 2.26 bits per heavy atom. The fourth-order valence-electron chi connectivity index (χ4n) is 2.65. The van der Waals surface area contributed by atoms with Crippen molar-refractivity contribution in [2.45, 2.75) is 31.2 Å². The molecule has 6 nitrogen and oxygen atoms in total. The van der Waals surface area contributed by atoms with Gasteiger partial charge in [-0.05, 0) is 18.3 Å². The zero-order valence-electron chi connectivity index (χ0n) is 10.0. The SMILES string of the molecule is NS(=O)(=O)N(CC(O)C(F)(F)F)C1CC2(CNC2)C1. The Kier molecular flexibility index (Phi) is 3.59. The molecule has 1 saturated heterocycles. The molecule has 0 aromatic rings. The molecule has 0 radical (unpaired) electrons. The zero-order valence-corrected chi connectivity index (χ0v) is 10.8. The number of aliphatic hydroxyl groups excluding tert-OH is 1. The summed E-state index contributed by atoms with van der Waals surface area (Å²) in [4.78, 5) is 0. The van der Waals surface area contributed by atoms with Crippen LogP contribution in [0, 0.1) is 5.41 Å². The Morgan fingerprint density at radius 1 is 1.42 bits per heavy atom. The number of rotatable bonds is 4. The van der Waals surface area contributed by atoms with Gasteiger partial charge in [0.25, 0.3) is 10.2 Å². The van der Waals surface area contributed by atoms with Crippen molar-refractivity contribution in [3.63, 3.8) is 0 Å². The van der Waals surface area contributed by atoms with Crippen molar-refractivity contribution in [1.82, 2.24) is 9.62 Å². The molecule has 0 aromatic heterocycles. The minimum Gasteiger partial charge on any atom is -0.382 e. The third kappa shape index (κ3) is 3.02. The van der Waals surface area contributed by atoms with Crippen LogP contribution in [0.15, 0.2) is 0 Å². The molecule has 4 N–H and O–H groups in total. The predicted molar refractivity (Wildman–Crippen MR) is 60.2 cm³/mol. The number of nitrogens with one attached hydrogen (secondary N) is 1. The molecule has 2 rings (SSSR count). The Hall–Kier alpha value is -0.420. The van der Waals surface area contributed by atoms with Crippen LogP contribution in [0.4, 0.5) is 13.2 Å². The van der Waals surface area contributed by atoms with Crippen molar-refractivity contribution in [1.29, 1.82) is 0 Å². The second-order valence-electron chi connectivity index (χ2n) is 5.34. The molecular formula is C9H16F3N3O3S. The van der Waals surface area contributed by atoms with Crippen LogP contribution in [0.2, 0.25) is 0 Å². The van der Waals surface area contributed by atoms with Crippen LogP contribution in [0.5, 0.6) is 0 Å². The van der Waals surface area contributed by atoms with Gasteiger partial charge in [0, 0.05) is 19.1 Å². The molecule has 10 heteroatoms. The van der Waals surface area contributed by atoms with Gasteiger partial charge in [-0.15, -0.1) is 0 Å². The lowest BCUT2D eigenvalue weighted by molar-refractivity contribution is -0.207. The summed E-state index contributed by atoms with van der Waals surface area (Å²) in [5.41, 5.74) is -0.00318. The zero-order chi connectivity index (χ0) is 14.5. The predicted octanol–water partition coefficient (Wildman–Crippen LogP) is -0.833. The van der Waals surface area contributed by atoms with E-state index in [9.17, 15) is 21.6 Å². The second kappa shape index (κ2) is 4.55. The van der Waals surface area contributed by atoms with Crippen LogP contribution in [0.3, 0.4) is 0 Å². The lowest BCUT2D eigenvalue weighted by Gasteiger charge is -2.56. The monoisotopic (exact) mass is 303 g/mol. The van der Waals surface area contributed by atoms with E-state index < -0.39 is 35.1 Å². The smallest absolute Gasteiger partial charge is 0.382 e. The first-order valence-electron chi connectivity index (χ1n) is 5.79. The van der Waals surface area contributed by atoms with Crippen molar-refractivity contribution in [3.05, 3.63) is 0 Å². The van der Waals surface area contributed by atoms with E-state index in [2.05, 4.69) is 5.32 Å². The number of aliphatic hydroxyl groups is 1. The lowest BCUT2D eigenvalue weighted by atomic mass is 9.61. The Bertz CT molecular complexity index is 441. The highest BCUT2D eigenvalue weighted by Crippen LogP contribution is 2.47. The quantitative estimate of drug-likeness (QED) is 0.631. The molecule has 1 aliphatic carbocycles. The molecule has 1 aliphatic heterocycles. The summed E-state index contributed by atoms with van der Waals surface area (Å²) in [7, 11) is -4.26. The standard InChI is InChI=1S/C9H16F3N3O3S/c10-9(11,12)7(16)3-15(19(13,17)18)6-1-8(2-6)4-14-5-8/h6-7,14,16H,1-5H2,(H2,13,17,18). The van der Waals surface area contributed by atoms with Gasteiger partial charge >= 0.3 is 6.18 Å². The Balaban J connectivity index is 2.02. The van der Waals surface area contributed by atoms with Crippen LogP contribution in [0.1, 0.15) is 12.8 Å². The van der Waals surface area contributed by atoms with E-state index in [1.54, 1.807) is 0 Å². The maximum atomic E-state index is 12.3. The highest BCUT2D eigenvalue weighted by molar-refractivity contribution is 7.86. The molecule has 19 heavy (non-hydrogen) atoms. The molecular weight excluding hydrogens is 287 g/mol. The molecule has 1 unspecified atom stereocenters. The van der Waals surface area contributed by atoms with E-state index in [0.717, 1.165) is 13.1 Å². The van der Waals surface area contributed by atoms with E-state index in [4.69, 9.17) is 10.2 Å². The minimum absolute atomic E-state index is 0.00318. The maximum absolute atomic E-state index is 12.3. The first-order chi connectivity index (χ1) is 8.54. The van der Waals surface area contributed by atoms with Crippen molar-refractivity contribution in [3.8, 4) is 0 Å². The average molecular weight is 303 g/mol. The highest BCUT2D eigenvalue weighted by atomic mass is 32.2. The molecule has 1 saturated carbocycles. The molecule has 2 aliphatic rings. The summed E-state index contributed by atoms with van der Waals surface area (Å²) in [6.45, 7) is 0.435. The van der Waals surface area contributed by atoms with Gasteiger partial charge in [0.2, 0.25) is 0 Å². The van der Waals surface area contributed by atoms with E-state index in [0.29, 0.717) is 17.1 Å². The number of hydrogen-bond donors (Lipinski definition) is 3. The topological polar surface area (TPSA) is 95.7 Å². The fourth-order valence-corrected chi connectivity index (χ4v) is 3.56. The molecule has 0 bridgehead atoms. The number of nitrogens with zero attached hydrogens (tertiary/aromatic N) is 1. The van der Waals surface area contributed by atoms with Gasteiger partial charge in [0.15, 0.2) is 6.10 Å². The summed E-state index contributed by atoms with van der Waals surface area (Å²) in [6, 6.07) is -0.561. The Morgan fingerprint density at radius 2 is 1.95 bits per heavy atom. The number of alkyl halides is 3. The highest BCUT2D eigenvalue weighted by Gasteiger charge is 2.53. The molecule has 1 heterocycles. The van der Waals surface area contributed by atoms with Gasteiger partial charge in [0.05, 0.1) is 6.54 Å². The van der Waals surface area contributed by atoms with Gasteiger partial charge < -0.3 is 10.4 Å². The van der Waals surface area contributed by atoms with Crippen LogP contribution in [-0.4, -0.2) is 55.8 Å². The van der Waals surface area contributed by atoms with E-state index in [1.165, 1.54) is 0 Å². The van der Waals surface area contributed by atoms with Gasteiger partial charge in [-0.1, -0.05) is 0 Å². The van der Waals surface area contributed by atoms with E-state index in [1.807, 2.05) is 0 Å². The summed E-state index contributed by atoms with van der Waals surface area (Å²) in [6.07, 6.45) is -6.63. The molecule has 2 fully saturated rings. The van der Waals surface area contributed by atoms with Crippen LogP contribution < -0.4 is 10.5 Å². The summed E-state index contributed by atoms with van der Waals surface area (Å²) in [5.74, 6) is 0. The fraction of sp³-hybridized carbons (Fsp3) is 1.00. The molecule has 0 amide bonds. The summed E-state index contributed by atoms with van der Waals surface area (Å²) < 4.78 is 60.1. The molecule has 0 aromatic carbocycles. The van der Waals surface area contributed by atoms with Crippen LogP contribution in [-0.2, 0) is 10.2 Å². The van der Waals surface area contributed by atoms with Crippen molar-refractivity contribution < 1.29 is 26.7 Å². The van der Waals surface area contributed by atoms with Gasteiger partial charge in [0.1, 0.15) is 0 Å². The minimum atomic E-state index is -4.86. The summed E-state index contributed by atoms with van der Waals surface area (Å²) in [5, 5.41) is 17.0. The Labute approximate surface area is 108 Å². The van der Waals surface area contributed by atoms with Gasteiger partial charge in [-0.2, -0.15) is 25.9 Å². The number of nitrogens with two attached hydrogens (primary N) is 1. The largest absolute Gasteiger partial charge is 0.415 e. The first kappa shape index (κ1) is 15.0. The molecule has 1 spiro atoms. The van der Waals surface area contributed by atoms with Crippen molar-refractivity contribution in [2.75, 3.05) is 19.6 Å². The summed E-state index contributed by atoms with van der Waals surface area (Å²) >= 11 is 0. The van der Waals surface area contributed by atoms with E-state index >= 15 is 0 Å². The molecule has 1 atom stereocenters. The lowest BCUT2D eigenvalue weighted by Crippen LogP contribution is -2.67. The third-order valence-corrected chi connectivity index (χ3v) is 4.90. The second-order valence-corrected chi connectivity index (χ2v) is 6.84. The van der Waals surface area contributed by atoms with Crippen LogP contribution >= 0.6 is 0 Å².